The number of hydrogen-bond acceptors (Lipinski definition) is 6. The summed E-state index contributed by atoms with van der Waals surface area (Å²) in [5.41, 5.74) is 3.74. The second-order valence-electron chi connectivity index (χ2n) is 7.96. The van der Waals surface area contributed by atoms with Gasteiger partial charge in [0.05, 0.1) is 25.5 Å². The Morgan fingerprint density at radius 1 is 1.15 bits per heavy atom. The van der Waals surface area contributed by atoms with Gasteiger partial charge < -0.3 is 24.3 Å². The molecule has 8 heteroatoms. The average molecular weight is 445 g/mol. The molecule has 5 rings (SSSR count). The van der Waals surface area contributed by atoms with Crippen LogP contribution in [0.2, 0.25) is 0 Å². The van der Waals surface area contributed by atoms with E-state index in [0.717, 1.165) is 11.1 Å². The van der Waals surface area contributed by atoms with Gasteiger partial charge in [-0.3, -0.25) is 9.89 Å². The minimum Gasteiger partial charge on any atom is -0.507 e. The fraction of sp³-hybridized carbons (Fsp3) is 0.200. The molecule has 0 aliphatic carbocycles. The Morgan fingerprint density at radius 3 is 2.73 bits per heavy atom. The maximum Gasteiger partial charge on any atom is 0.273 e. The van der Waals surface area contributed by atoms with E-state index in [9.17, 15) is 15.0 Å². The SMILES string of the molecule is CCOc1cc(C2c3c(-c4cc(C)ccc4O)n[nH]c3C(=O)N2Cc2ccco2)ccc1O. The van der Waals surface area contributed by atoms with Crippen molar-refractivity contribution in [3.8, 4) is 28.5 Å². The number of amides is 1. The van der Waals surface area contributed by atoms with E-state index < -0.39 is 6.04 Å². The van der Waals surface area contributed by atoms with Gasteiger partial charge in [0.2, 0.25) is 0 Å². The second kappa shape index (κ2) is 8.05. The normalized spacial score (nSPS) is 15.2. The molecule has 0 radical (unpaired) electrons. The third kappa shape index (κ3) is 3.49. The van der Waals surface area contributed by atoms with Crippen LogP contribution in [0.25, 0.3) is 11.3 Å². The molecule has 2 aromatic heterocycles. The Kier molecular flexibility index (Phi) is 5.05. The number of fused-ring (bicyclic) bond motifs is 1. The van der Waals surface area contributed by atoms with Gasteiger partial charge in [0.25, 0.3) is 5.91 Å². The number of H-pyrrole nitrogens is 1. The standard InChI is InChI=1S/C25H23N3O5/c1-3-32-20-12-15(7-9-19(20)30)24-21-22(17-11-14(2)6-8-18(17)29)26-27-23(21)25(31)28(24)13-16-5-4-10-33-16/h4-12,24,29-30H,3,13H2,1-2H3,(H,26,27). The van der Waals surface area contributed by atoms with E-state index in [0.29, 0.717) is 40.6 Å². The van der Waals surface area contributed by atoms with Gasteiger partial charge in [-0.05, 0) is 55.8 Å². The van der Waals surface area contributed by atoms with E-state index in [2.05, 4.69) is 10.2 Å². The molecule has 1 unspecified atom stereocenters. The fourth-order valence-corrected chi connectivity index (χ4v) is 4.29. The highest BCUT2D eigenvalue weighted by atomic mass is 16.5. The van der Waals surface area contributed by atoms with Gasteiger partial charge in [0, 0.05) is 11.1 Å². The Labute approximate surface area is 190 Å². The quantitative estimate of drug-likeness (QED) is 0.402. The first-order chi connectivity index (χ1) is 16.0. The molecule has 4 aromatic rings. The molecular formula is C25H23N3O5. The van der Waals surface area contributed by atoms with Crippen molar-refractivity contribution in [2.75, 3.05) is 6.61 Å². The number of ether oxygens (including phenoxy) is 1. The topological polar surface area (TPSA) is 112 Å². The van der Waals surface area contributed by atoms with Gasteiger partial charge in [-0.25, -0.2) is 0 Å². The first-order valence-electron chi connectivity index (χ1n) is 10.6. The minimum absolute atomic E-state index is 0.0199. The molecule has 3 N–H and O–H groups in total. The number of furan rings is 1. The lowest BCUT2D eigenvalue weighted by Gasteiger charge is -2.26. The number of carbonyl (C=O) groups is 1. The van der Waals surface area contributed by atoms with E-state index in [-0.39, 0.29) is 24.0 Å². The summed E-state index contributed by atoms with van der Waals surface area (Å²) in [4.78, 5) is 15.1. The molecule has 3 heterocycles. The molecule has 1 aliphatic heterocycles. The van der Waals surface area contributed by atoms with Crippen molar-refractivity contribution >= 4 is 5.91 Å². The molecule has 0 saturated heterocycles. The van der Waals surface area contributed by atoms with Crippen LogP contribution in [0.3, 0.4) is 0 Å². The number of rotatable bonds is 6. The Balaban J connectivity index is 1.69. The molecule has 33 heavy (non-hydrogen) atoms. The lowest BCUT2D eigenvalue weighted by atomic mass is 9.94. The summed E-state index contributed by atoms with van der Waals surface area (Å²) in [6.45, 7) is 4.39. The number of aromatic amines is 1. The monoisotopic (exact) mass is 445 g/mol. The third-order valence-electron chi connectivity index (χ3n) is 5.78. The van der Waals surface area contributed by atoms with Gasteiger partial charge in [-0.15, -0.1) is 0 Å². The zero-order chi connectivity index (χ0) is 23.1. The van der Waals surface area contributed by atoms with Gasteiger partial charge >= 0.3 is 0 Å². The van der Waals surface area contributed by atoms with Gasteiger partial charge in [-0.2, -0.15) is 5.10 Å². The summed E-state index contributed by atoms with van der Waals surface area (Å²) < 4.78 is 11.1. The van der Waals surface area contributed by atoms with Crippen LogP contribution in [0.4, 0.5) is 0 Å². The second-order valence-corrected chi connectivity index (χ2v) is 7.96. The van der Waals surface area contributed by atoms with Crippen LogP contribution in [-0.2, 0) is 6.54 Å². The van der Waals surface area contributed by atoms with Gasteiger partial charge in [-0.1, -0.05) is 17.7 Å². The van der Waals surface area contributed by atoms with E-state index in [1.807, 2.05) is 32.0 Å². The van der Waals surface area contributed by atoms with E-state index in [4.69, 9.17) is 9.15 Å². The van der Waals surface area contributed by atoms with Crippen LogP contribution < -0.4 is 4.74 Å². The summed E-state index contributed by atoms with van der Waals surface area (Å²) >= 11 is 0. The minimum atomic E-state index is -0.536. The summed E-state index contributed by atoms with van der Waals surface area (Å²) in [6, 6.07) is 13.4. The van der Waals surface area contributed by atoms with E-state index in [1.165, 1.54) is 0 Å². The number of nitrogens with zero attached hydrogens (tertiary/aromatic N) is 2. The summed E-state index contributed by atoms with van der Waals surface area (Å²) in [5.74, 6) is 0.827. The molecule has 0 spiro atoms. The lowest BCUT2D eigenvalue weighted by Crippen LogP contribution is -2.29. The number of aryl methyl sites for hydroxylation is 1. The van der Waals surface area contributed by atoms with Crippen molar-refractivity contribution in [3.63, 3.8) is 0 Å². The van der Waals surface area contributed by atoms with Crippen molar-refractivity contribution in [2.24, 2.45) is 0 Å². The summed E-state index contributed by atoms with van der Waals surface area (Å²) in [6.07, 6.45) is 1.57. The highest BCUT2D eigenvalue weighted by Gasteiger charge is 2.43. The van der Waals surface area contributed by atoms with E-state index in [1.54, 1.807) is 41.5 Å². The van der Waals surface area contributed by atoms with E-state index >= 15 is 0 Å². The van der Waals surface area contributed by atoms with Gasteiger partial charge in [0.15, 0.2) is 11.5 Å². The smallest absolute Gasteiger partial charge is 0.273 e. The number of aromatic nitrogens is 2. The third-order valence-corrected chi connectivity index (χ3v) is 5.78. The Morgan fingerprint density at radius 2 is 1.97 bits per heavy atom. The molecular weight excluding hydrogens is 422 g/mol. The zero-order valence-electron chi connectivity index (χ0n) is 18.2. The van der Waals surface area contributed by atoms with Crippen molar-refractivity contribution in [1.82, 2.24) is 15.1 Å². The number of carbonyl (C=O) groups excluding carboxylic acids is 1. The molecule has 0 fully saturated rings. The van der Waals surface area contributed by atoms with Crippen molar-refractivity contribution < 1.29 is 24.2 Å². The largest absolute Gasteiger partial charge is 0.507 e. The van der Waals surface area contributed by atoms with Crippen LogP contribution >= 0.6 is 0 Å². The number of nitrogens with one attached hydrogen (secondary N) is 1. The van der Waals surface area contributed by atoms with Crippen molar-refractivity contribution in [1.29, 1.82) is 0 Å². The lowest BCUT2D eigenvalue weighted by molar-refractivity contribution is 0.0716. The molecule has 0 saturated carbocycles. The average Bonchev–Trinajstić information content (AvgIpc) is 3.52. The number of hydrogen-bond donors (Lipinski definition) is 3. The molecule has 1 atom stereocenters. The van der Waals surface area contributed by atoms with Crippen LogP contribution in [0, 0.1) is 6.92 Å². The fourth-order valence-electron chi connectivity index (χ4n) is 4.29. The number of phenols is 2. The number of phenolic OH excluding ortho intramolecular Hbond substituents is 2. The molecule has 1 amide bonds. The molecule has 2 aromatic carbocycles. The summed E-state index contributed by atoms with van der Waals surface area (Å²) in [5, 5.41) is 28.1. The molecule has 8 nitrogen and oxygen atoms in total. The highest BCUT2D eigenvalue weighted by molar-refractivity contribution is 6.00. The predicted molar refractivity (Wildman–Crippen MR) is 120 cm³/mol. The maximum atomic E-state index is 13.5. The summed E-state index contributed by atoms with van der Waals surface area (Å²) in [7, 11) is 0. The highest BCUT2D eigenvalue weighted by Crippen LogP contribution is 2.46. The number of aromatic hydroxyl groups is 2. The van der Waals surface area contributed by atoms with Crippen LogP contribution in [0.5, 0.6) is 17.2 Å². The Bertz CT molecular complexity index is 1330. The Hall–Kier alpha value is -4.20. The first kappa shape index (κ1) is 20.7. The van der Waals surface area contributed by atoms with Gasteiger partial charge in [0.1, 0.15) is 22.9 Å². The number of benzene rings is 2. The predicted octanol–water partition coefficient (Wildman–Crippen LogP) is 4.53. The maximum absolute atomic E-state index is 13.5. The molecule has 168 valence electrons. The molecule has 1 aliphatic rings. The van der Waals surface area contributed by atoms with Crippen molar-refractivity contribution in [3.05, 3.63) is 82.9 Å². The van der Waals surface area contributed by atoms with Crippen LogP contribution in [0.1, 0.15) is 45.9 Å². The zero-order valence-corrected chi connectivity index (χ0v) is 18.2. The first-order valence-corrected chi connectivity index (χ1v) is 10.6. The van der Waals surface area contributed by atoms with Crippen molar-refractivity contribution in [2.45, 2.75) is 26.4 Å². The van der Waals surface area contributed by atoms with Crippen LogP contribution in [-0.4, -0.2) is 37.8 Å². The van der Waals surface area contributed by atoms with Crippen LogP contribution in [0.15, 0.2) is 59.2 Å². The molecule has 0 bridgehead atoms.